The predicted octanol–water partition coefficient (Wildman–Crippen LogP) is 2.78. The van der Waals surface area contributed by atoms with Gasteiger partial charge in [0.05, 0.1) is 16.8 Å². The van der Waals surface area contributed by atoms with Crippen LogP contribution in [0, 0.1) is 39.6 Å². The van der Waals surface area contributed by atoms with Crippen molar-refractivity contribution in [3.63, 3.8) is 0 Å². The molecule has 2 bridgehead atoms. The van der Waals surface area contributed by atoms with Gasteiger partial charge < -0.3 is 0 Å². The van der Waals surface area contributed by atoms with Crippen LogP contribution >= 0.6 is 0 Å². The van der Waals surface area contributed by atoms with Crippen LogP contribution in [-0.4, -0.2) is 45.0 Å². The molecule has 2 aromatic carbocycles. The fourth-order valence-corrected chi connectivity index (χ4v) is 5.12. The van der Waals surface area contributed by atoms with Crippen molar-refractivity contribution in [3.8, 4) is 0 Å². The maximum absolute atomic E-state index is 13.4. The van der Waals surface area contributed by atoms with E-state index in [1.54, 1.807) is 0 Å². The quantitative estimate of drug-likeness (QED) is 0.214. The average Bonchev–Trinajstić information content (AvgIpc) is 3.51. The van der Waals surface area contributed by atoms with Gasteiger partial charge in [-0.25, -0.2) is 9.40 Å². The average molecular weight is 463 g/mol. The maximum atomic E-state index is 13.4. The van der Waals surface area contributed by atoms with Gasteiger partial charge in [-0.15, -0.1) is 0 Å². The number of hydrazine groups is 1. The number of non-ortho nitro benzene ring substituents is 1. The van der Waals surface area contributed by atoms with Gasteiger partial charge in [0, 0.05) is 23.3 Å². The number of amides is 3. The normalized spacial score (nSPS) is 24.4. The number of hydrogen-bond acceptors (Lipinski definition) is 6. The van der Waals surface area contributed by atoms with Crippen molar-refractivity contribution in [2.45, 2.75) is 6.42 Å². The van der Waals surface area contributed by atoms with Gasteiger partial charge in [0.15, 0.2) is 5.78 Å². The van der Waals surface area contributed by atoms with Gasteiger partial charge in [0.2, 0.25) is 0 Å². The van der Waals surface area contributed by atoms with Gasteiger partial charge in [-0.1, -0.05) is 18.2 Å². The number of benzene rings is 2. The first kappa shape index (κ1) is 21.6. The third-order valence-corrected chi connectivity index (χ3v) is 6.69. The molecular formula is C24H18FN3O6. The van der Waals surface area contributed by atoms with Crippen LogP contribution in [0.4, 0.5) is 10.1 Å². The first-order valence-electron chi connectivity index (χ1n) is 10.7. The highest BCUT2D eigenvalue weighted by atomic mass is 19.1. The van der Waals surface area contributed by atoms with Crippen LogP contribution in [-0.2, 0) is 9.59 Å². The monoisotopic (exact) mass is 463 g/mol. The molecule has 0 aromatic heterocycles. The topological polar surface area (TPSA) is 118 Å². The summed E-state index contributed by atoms with van der Waals surface area (Å²) in [7, 11) is 0. The fourth-order valence-electron chi connectivity index (χ4n) is 5.12. The summed E-state index contributed by atoms with van der Waals surface area (Å²) in [5.41, 5.74) is -0.423. The van der Waals surface area contributed by atoms with E-state index >= 15 is 0 Å². The van der Waals surface area contributed by atoms with Crippen molar-refractivity contribution >= 4 is 29.2 Å². The number of imide groups is 1. The molecule has 2 aromatic rings. The molecule has 10 heteroatoms. The molecule has 0 radical (unpaired) electrons. The number of fused-ring (bicyclic) bond motifs is 5. The molecule has 1 saturated carbocycles. The summed E-state index contributed by atoms with van der Waals surface area (Å²) < 4.78 is 13.3. The summed E-state index contributed by atoms with van der Waals surface area (Å²) in [6, 6.07) is 9.47. The largest absolute Gasteiger partial charge is 0.292 e. The van der Waals surface area contributed by atoms with E-state index in [0.29, 0.717) is 6.42 Å². The van der Waals surface area contributed by atoms with Crippen LogP contribution in [0.5, 0.6) is 0 Å². The minimum atomic E-state index is -0.902. The first-order valence-corrected chi connectivity index (χ1v) is 10.7. The van der Waals surface area contributed by atoms with Crippen LogP contribution in [0.15, 0.2) is 60.7 Å². The zero-order chi connectivity index (χ0) is 24.1. The predicted molar refractivity (Wildman–Crippen MR) is 114 cm³/mol. The van der Waals surface area contributed by atoms with E-state index in [4.69, 9.17) is 0 Å². The Hall–Kier alpha value is -4.21. The lowest BCUT2D eigenvalue weighted by Crippen LogP contribution is -2.52. The molecule has 3 amide bonds. The Morgan fingerprint density at radius 2 is 1.62 bits per heavy atom. The number of carbonyl (C=O) groups excluding carboxylic acids is 4. The van der Waals surface area contributed by atoms with E-state index in [9.17, 15) is 33.7 Å². The molecule has 1 heterocycles. The van der Waals surface area contributed by atoms with E-state index in [0.717, 1.165) is 28.2 Å². The molecule has 34 heavy (non-hydrogen) atoms. The van der Waals surface area contributed by atoms with E-state index < -0.39 is 52.6 Å². The summed E-state index contributed by atoms with van der Waals surface area (Å²) in [6.07, 6.45) is 4.49. The Balaban J connectivity index is 1.51. The zero-order valence-corrected chi connectivity index (χ0v) is 17.7. The summed E-state index contributed by atoms with van der Waals surface area (Å²) in [5.74, 6) is -4.67. The minimum absolute atomic E-state index is 0.0827. The second-order valence-corrected chi connectivity index (χ2v) is 8.59. The van der Waals surface area contributed by atoms with Crippen LogP contribution < -0.4 is 0 Å². The van der Waals surface area contributed by atoms with Gasteiger partial charge in [0.1, 0.15) is 12.4 Å². The Bertz CT molecular complexity index is 1240. The van der Waals surface area contributed by atoms with Gasteiger partial charge in [-0.3, -0.25) is 29.3 Å². The Morgan fingerprint density at radius 3 is 2.21 bits per heavy atom. The molecule has 3 aliphatic rings. The number of nitro benzene ring substituents is 1. The highest BCUT2D eigenvalue weighted by molar-refractivity contribution is 6.10. The van der Waals surface area contributed by atoms with Crippen molar-refractivity contribution in [2.24, 2.45) is 23.7 Å². The van der Waals surface area contributed by atoms with Crippen molar-refractivity contribution < 1.29 is 28.5 Å². The van der Waals surface area contributed by atoms with Gasteiger partial charge >= 0.3 is 0 Å². The Labute approximate surface area is 192 Å². The third-order valence-electron chi connectivity index (χ3n) is 6.69. The fraction of sp³-hybridized carbons (Fsp3) is 0.250. The van der Waals surface area contributed by atoms with E-state index in [1.165, 1.54) is 30.3 Å². The van der Waals surface area contributed by atoms with E-state index in [1.807, 2.05) is 12.2 Å². The van der Waals surface area contributed by atoms with Crippen molar-refractivity contribution in [3.05, 3.63) is 87.7 Å². The molecule has 0 spiro atoms. The number of Topliss-reactive ketones (excluding diaryl/α,β-unsaturated/α-hetero) is 1. The second kappa shape index (κ2) is 7.98. The minimum Gasteiger partial charge on any atom is -0.292 e. The third kappa shape index (κ3) is 3.38. The van der Waals surface area contributed by atoms with Crippen LogP contribution in [0.3, 0.4) is 0 Å². The maximum Gasteiger partial charge on any atom is 0.273 e. The molecule has 9 nitrogen and oxygen atoms in total. The highest BCUT2D eigenvalue weighted by Crippen LogP contribution is 2.52. The summed E-state index contributed by atoms with van der Waals surface area (Å²) in [6.45, 7) is -0.674. The summed E-state index contributed by atoms with van der Waals surface area (Å²) in [4.78, 5) is 63.5. The number of allylic oxidation sites excluding steroid dienone is 2. The molecule has 5 rings (SSSR count). The van der Waals surface area contributed by atoms with Crippen LogP contribution in [0.1, 0.15) is 27.1 Å². The Morgan fingerprint density at radius 1 is 1.00 bits per heavy atom. The zero-order valence-electron chi connectivity index (χ0n) is 17.7. The van der Waals surface area contributed by atoms with Crippen LogP contribution in [0.25, 0.3) is 0 Å². The van der Waals surface area contributed by atoms with Crippen molar-refractivity contribution in [1.29, 1.82) is 0 Å². The van der Waals surface area contributed by atoms with E-state index in [-0.39, 0.29) is 28.7 Å². The SMILES string of the molecule is O=C(CN(C(=O)c1cccc([N+](=O)[O-])c1)N1C(=O)[C@@H]2[C@@H](C1=O)[C@H]1C=C[C@H]2C1)c1ccc(F)cc1. The highest BCUT2D eigenvalue weighted by Gasteiger charge is 2.61. The number of rotatable bonds is 6. The van der Waals surface area contributed by atoms with Crippen LogP contribution in [0.2, 0.25) is 0 Å². The molecule has 2 aliphatic carbocycles. The molecule has 0 unspecified atom stereocenters. The lowest BCUT2D eigenvalue weighted by Gasteiger charge is -2.30. The molecular weight excluding hydrogens is 445 g/mol. The summed E-state index contributed by atoms with van der Waals surface area (Å²) >= 11 is 0. The van der Waals surface area contributed by atoms with Gasteiger partial charge in [0.25, 0.3) is 23.4 Å². The lowest BCUT2D eigenvalue weighted by molar-refractivity contribution is -0.384. The lowest BCUT2D eigenvalue weighted by atomic mass is 9.85. The number of hydrogen-bond donors (Lipinski definition) is 0. The van der Waals surface area contributed by atoms with Gasteiger partial charge in [-0.05, 0) is 48.6 Å². The number of carbonyl (C=O) groups is 4. The van der Waals surface area contributed by atoms with E-state index in [2.05, 4.69) is 0 Å². The number of nitro groups is 1. The molecule has 4 atom stereocenters. The number of nitrogens with zero attached hydrogens (tertiary/aromatic N) is 3. The molecule has 172 valence electrons. The Kier molecular flexibility index (Phi) is 5.07. The molecule has 2 fully saturated rings. The van der Waals surface area contributed by atoms with Gasteiger partial charge in [-0.2, -0.15) is 5.01 Å². The summed E-state index contributed by atoms with van der Waals surface area (Å²) in [5, 5.41) is 12.7. The number of ketones is 1. The van der Waals surface area contributed by atoms with Crippen molar-refractivity contribution in [2.75, 3.05) is 6.54 Å². The molecule has 1 saturated heterocycles. The molecule has 1 aliphatic heterocycles. The smallest absolute Gasteiger partial charge is 0.273 e. The second-order valence-electron chi connectivity index (χ2n) is 8.59. The first-order chi connectivity index (χ1) is 16.3. The standard InChI is InChI=1S/C24H18FN3O6/c25-17-8-6-13(7-9-17)19(29)12-26(22(30)16-2-1-3-18(11-16)28(33)34)27-23(31)20-14-4-5-15(10-14)21(20)24(27)32/h1-9,11,14-15,20-21H,10,12H2/t14-,15-,20-,21-/m0/s1. The molecule has 0 N–H and O–H groups in total. The van der Waals surface area contributed by atoms with Crippen molar-refractivity contribution in [1.82, 2.24) is 10.0 Å². The number of halogens is 1.